The average molecular weight is 410 g/mol. The molecule has 1 atom stereocenters. The Hall–Kier alpha value is -2.60. The number of fused-ring (bicyclic) bond motifs is 1. The monoisotopic (exact) mass is 409 g/mol. The summed E-state index contributed by atoms with van der Waals surface area (Å²) >= 11 is 1.31. The van der Waals surface area contributed by atoms with E-state index in [1.165, 1.54) is 11.8 Å². The van der Waals surface area contributed by atoms with Crippen LogP contribution in [0.3, 0.4) is 0 Å². The summed E-state index contributed by atoms with van der Waals surface area (Å²) < 4.78 is 1.64. The van der Waals surface area contributed by atoms with Crippen LogP contribution >= 0.6 is 11.8 Å². The van der Waals surface area contributed by atoms with Crippen molar-refractivity contribution in [3.63, 3.8) is 0 Å². The normalized spacial score (nSPS) is 12.3. The van der Waals surface area contributed by atoms with Crippen molar-refractivity contribution in [3.05, 3.63) is 63.9 Å². The van der Waals surface area contributed by atoms with Crippen LogP contribution in [-0.4, -0.2) is 27.3 Å². The van der Waals surface area contributed by atoms with Crippen LogP contribution in [0.25, 0.3) is 16.6 Å². The average Bonchev–Trinajstić information content (AvgIpc) is 2.69. The molecule has 1 aromatic heterocycles. The van der Waals surface area contributed by atoms with Crippen molar-refractivity contribution in [2.75, 3.05) is 6.54 Å². The minimum absolute atomic E-state index is 0.0568. The van der Waals surface area contributed by atoms with E-state index in [9.17, 15) is 9.59 Å². The fourth-order valence-electron chi connectivity index (χ4n) is 3.04. The van der Waals surface area contributed by atoms with Crippen molar-refractivity contribution in [2.45, 2.75) is 45.0 Å². The van der Waals surface area contributed by atoms with Gasteiger partial charge in [-0.15, -0.1) is 0 Å². The summed E-state index contributed by atoms with van der Waals surface area (Å²) in [4.78, 5) is 30.7. The zero-order valence-electron chi connectivity index (χ0n) is 17.5. The number of aryl methyl sites for hydroxylation is 1. The molecule has 0 bridgehead atoms. The molecule has 5 nitrogen and oxygen atoms in total. The van der Waals surface area contributed by atoms with Gasteiger partial charge in [0.2, 0.25) is 5.91 Å². The van der Waals surface area contributed by atoms with E-state index in [0.717, 1.165) is 16.8 Å². The maximum Gasteiger partial charge on any atom is 0.266 e. The Bertz CT molecular complexity index is 1100. The molecule has 0 saturated carbocycles. The van der Waals surface area contributed by atoms with Crippen LogP contribution in [0, 0.1) is 19.8 Å². The number of amides is 1. The third-order valence-corrected chi connectivity index (χ3v) is 5.95. The van der Waals surface area contributed by atoms with Crippen molar-refractivity contribution in [2.24, 2.45) is 5.92 Å². The molecule has 3 rings (SSSR count). The maximum absolute atomic E-state index is 13.4. The van der Waals surface area contributed by atoms with Crippen LogP contribution in [0.2, 0.25) is 0 Å². The fraction of sp³-hybridized carbons (Fsp3) is 0.348. The zero-order valence-corrected chi connectivity index (χ0v) is 18.3. The van der Waals surface area contributed by atoms with Gasteiger partial charge in [0.1, 0.15) is 0 Å². The van der Waals surface area contributed by atoms with Gasteiger partial charge in [0.25, 0.3) is 5.56 Å². The van der Waals surface area contributed by atoms with Crippen LogP contribution < -0.4 is 10.9 Å². The van der Waals surface area contributed by atoms with Crippen LogP contribution in [-0.2, 0) is 4.79 Å². The lowest BCUT2D eigenvalue weighted by atomic mass is 10.1. The number of aromatic nitrogens is 2. The summed E-state index contributed by atoms with van der Waals surface area (Å²) in [5, 5.41) is 3.67. The molecule has 29 heavy (non-hydrogen) atoms. The third-order valence-electron chi connectivity index (χ3n) is 4.90. The molecule has 1 heterocycles. The Morgan fingerprint density at radius 1 is 1.10 bits per heavy atom. The maximum atomic E-state index is 13.4. The number of carbonyl (C=O) groups excluding carboxylic acids is 1. The van der Waals surface area contributed by atoms with Gasteiger partial charge in [-0.1, -0.05) is 49.9 Å². The molecule has 1 N–H and O–H groups in total. The Labute approximate surface area is 175 Å². The minimum Gasteiger partial charge on any atom is -0.355 e. The molecular formula is C23H27N3O2S. The van der Waals surface area contributed by atoms with Crippen molar-refractivity contribution in [1.82, 2.24) is 14.9 Å². The Morgan fingerprint density at radius 2 is 1.83 bits per heavy atom. The predicted molar refractivity (Wildman–Crippen MR) is 120 cm³/mol. The van der Waals surface area contributed by atoms with E-state index in [4.69, 9.17) is 4.98 Å². The molecule has 1 unspecified atom stereocenters. The first kappa shape index (κ1) is 21.1. The first-order valence-electron chi connectivity index (χ1n) is 9.82. The van der Waals surface area contributed by atoms with E-state index in [2.05, 4.69) is 19.2 Å². The molecule has 3 aromatic rings. The summed E-state index contributed by atoms with van der Waals surface area (Å²) in [5.74, 6) is 0.321. The predicted octanol–water partition coefficient (Wildman–Crippen LogP) is 4.26. The molecule has 6 heteroatoms. The summed E-state index contributed by atoms with van der Waals surface area (Å²) in [6.45, 7) is 10.6. The number of hydrogen-bond donors (Lipinski definition) is 1. The highest BCUT2D eigenvalue weighted by Gasteiger charge is 2.21. The van der Waals surface area contributed by atoms with E-state index in [-0.39, 0.29) is 16.7 Å². The van der Waals surface area contributed by atoms with E-state index in [1.807, 2.05) is 57.2 Å². The molecule has 152 valence electrons. The number of para-hydroxylation sites is 1. The second kappa shape index (κ2) is 8.82. The minimum atomic E-state index is -0.377. The second-order valence-electron chi connectivity index (χ2n) is 7.67. The lowest BCUT2D eigenvalue weighted by molar-refractivity contribution is -0.120. The van der Waals surface area contributed by atoms with Crippen molar-refractivity contribution >= 4 is 28.6 Å². The van der Waals surface area contributed by atoms with E-state index in [1.54, 1.807) is 10.6 Å². The fourth-order valence-corrected chi connectivity index (χ4v) is 3.99. The highest BCUT2D eigenvalue weighted by molar-refractivity contribution is 8.00. The highest BCUT2D eigenvalue weighted by Crippen LogP contribution is 2.27. The molecule has 0 radical (unpaired) electrons. The van der Waals surface area contributed by atoms with Gasteiger partial charge in [-0.2, -0.15) is 0 Å². The number of thioether (sulfide) groups is 1. The number of rotatable bonds is 6. The van der Waals surface area contributed by atoms with Crippen LogP contribution in [0.5, 0.6) is 0 Å². The van der Waals surface area contributed by atoms with Crippen molar-refractivity contribution in [1.29, 1.82) is 0 Å². The van der Waals surface area contributed by atoms with Crippen LogP contribution in [0.15, 0.2) is 52.4 Å². The Kier molecular flexibility index (Phi) is 6.42. The van der Waals surface area contributed by atoms with E-state index in [0.29, 0.717) is 28.5 Å². The summed E-state index contributed by atoms with van der Waals surface area (Å²) in [6.07, 6.45) is 0. The first-order valence-corrected chi connectivity index (χ1v) is 10.7. The molecule has 0 saturated heterocycles. The van der Waals surface area contributed by atoms with E-state index >= 15 is 0 Å². The van der Waals surface area contributed by atoms with Gasteiger partial charge in [-0.3, -0.25) is 14.2 Å². The third kappa shape index (κ3) is 4.53. The van der Waals surface area contributed by atoms with Gasteiger partial charge in [0, 0.05) is 6.54 Å². The molecular weight excluding hydrogens is 382 g/mol. The van der Waals surface area contributed by atoms with Gasteiger partial charge in [-0.05, 0) is 56.0 Å². The number of hydrogen-bond acceptors (Lipinski definition) is 4. The lowest BCUT2D eigenvalue weighted by Gasteiger charge is -2.18. The molecule has 2 aromatic carbocycles. The number of nitrogens with zero attached hydrogens (tertiary/aromatic N) is 2. The quantitative estimate of drug-likeness (QED) is 0.488. The Morgan fingerprint density at radius 3 is 2.55 bits per heavy atom. The Balaban J connectivity index is 2.11. The van der Waals surface area contributed by atoms with Gasteiger partial charge in [-0.25, -0.2) is 4.98 Å². The van der Waals surface area contributed by atoms with Gasteiger partial charge >= 0.3 is 0 Å². The van der Waals surface area contributed by atoms with Crippen molar-refractivity contribution in [3.8, 4) is 5.69 Å². The number of benzene rings is 2. The number of nitrogens with one attached hydrogen (secondary N) is 1. The number of carbonyl (C=O) groups is 1. The van der Waals surface area contributed by atoms with Gasteiger partial charge in [0.15, 0.2) is 5.16 Å². The molecule has 0 aliphatic heterocycles. The topological polar surface area (TPSA) is 64.0 Å². The van der Waals surface area contributed by atoms with Gasteiger partial charge in [0.05, 0.1) is 21.8 Å². The summed E-state index contributed by atoms with van der Waals surface area (Å²) in [5.41, 5.74) is 3.43. The highest BCUT2D eigenvalue weighted by atomic mass is 32.2. The van der Waals surface area contributed by atoms with Gasteiger partial charge < -0.3 is 5.32 Å². The summed E-state index contributed by atoms with van der Waals surface area (Å²) in [7, 11) is 0. The standard InChI is InChI=1S/C23H27N3O2S/c1-14(2)13-24-21(27)17(5)29-23-25-19-11-7-6-10-18(19)22(28)26(23)20-12-8-9-15(3)16(20)4/h6-12,14,17H,13H2,1-5H3,(H,24,27). The van der Waals surface area contributed by atoms with Crippen LogP contribution in [0.1, 0.15) is 31.9 Å². The lowest BCUT2D eigenvalue weighted by Crippen LogP contribution is -2.34. The molecule has 0 aliphatic rings. The van der Waals surface area contributed by atoms with Crippen LogP contribution in [0.4, 0.5) is 0 Å². The molecule has 0 fully saturated rings. The van der Waals surface area contributed by atoms with E-state index < -0.39 is 0 Å². The zero-order chi connectivity index (χ0) is 21.1. The first-order chi connectivity index (χ1) is 13.8. The van der Waals surface area contributed by atoms with Crippen molar-refractivity contribution < 1.29 is 4.79 Å². The molecule has 0 aliphatic carbocycles. The molecule has 0 spiro atoms. The smallest absolute Gasteiger partial charge is 0.266 e. The SMILES string of the molecule is Cc1cccc(-n2c(SC(C)C(=O)NCC(C)C)nc3ccccc3c2=O)c1C. The molecule has 1 amide bonds. The second-order valence-corrected chi connectivity index (χ2v) is 8.98. The largest absolute Gasteiger partial charge is 0.355 e. The summed E-state index contributed by atoms with van der Waals surface area (Å²) in [6, 6.07) is 13.2.